The Morgan fingerprint density at radius 1 is 1.17 bits per heavy atom. The molecule has 0 atom stereocenters. The van der Waals surface area contributed by atoms with Gasteiger partial charge in [0.05, 0.1) is 41.8 Å². The van der Waals surface area contributed by atoms with Crippen molar-refractivity contribution in [2.24, 2.45) is 0 Å². The van der Waals surface area contributed by atoms with Gasteiger partial charge in [0.25, 0.3) is 0 Å². The molecule has 1 aliphatic heterocycles. The Morgan fingerprint density at radius 2 is 1.95 bits per heavy atom. The largest absolute Gasteiger partial charge is 0.497 e. The van der Waals surface area contributed by atoms with Gasteiger partial charge in [0, 0.05) is 25.7 Å². The van der Waals surface area contributed by atoms with Crippen molar-refractivity contribution in [1.29, 1.82) is 10.5 Å². The molecular weight excluding hydrogens is 554 g/mol. The first-order valence-electron chi connectivity index (χ1n) is 13.9. The highest BCUT2D eigenvalue weighted by molar-refractivity contribution is 6.33. The van der Waals surface area contributed by atoms with Crippen molar-refractivity contribution in [2.45, 2.75) is 44.4 Å². The molecule has 12 heteroatoms. The maximum Gasteiger partial charge on any atom is 0.247 e. The highest BCUT2D eigenvalue weighted by Gasteiger charge is 2.33. The van der Waals surface area contributed by atoms with E-state index in [2.05, 4.69) is 37.3 Å². The number of halogens is 1. The molecule has 6 rings (SSSR count). The lowest BCUT2D eigenvalue weighted by Crippen LogP contribution is -2.50. The van der Waals surface area contributed by atoms with E-state index in [1.54, 1.807) is 13.2 Å². The number of fused-ring (bicyclic) bond motifs is 1. The number of benzene rings is 2. The van der Waals surface area contributed by atoms with Crippen LogP contribution in [0, 0.1) is 22.7 Å². The number of anilines is 3. The van der Waals surface area contributed by atoms with Crippen LogP contribution in [0.15, 0.2) is 42.6 Å². The van der Waals surface area contributed by atoms with Crippen molar-refractivity contribution in [3.8, 4) is 17.9 Å². The molecule has 1 aliphatic carbocycles. The van der Waals surface area contributed by atoms with E-state index in [0.29, 0.717) is 53.8 Å². The summed E-state index contributed by atoms with van der Waals surface area (Å²) in [5.74, 6) is 1.63. The van der Waals surface area contributed by atoms with Crippen LogP contribution in [0.4, 0.5) is 17.5 Å². The first-order chi connectivity index (χ1) is 20.4. The Morgan fingerprint density at radius 3 is 2.62 bits per heavy atom. The summed E-state index contributed by atoms with van der Waals surface area (Å²) < 4.78 is 6.80. The van der Waals surface area contributed by atoms with Gasteiger partial charge in [-0.25, -0.2) is 4.98 Å². The Bertz CT molecular complexity index is 1680. The normalized spacial score (nSPS) is 15.2. The number of aromatic nitrogens is 4. The number of nitriles is 2. The third-order valence-corrected chi connectivity index (χ3v) is 7.96. The first-order valence-corrected chi connectivity index (χ1v) is 14.3. The lowest BCUT2D eigenvalue weighted by atomic mass is 10.0. The van der Waals surface area contributed by atoms with Crippen LogP contribution in [-0.4, -0.2) is 68.5 Å². The third-order valence-electron chi connectivity index (χ3n) is 7.65. The van der Waals surface area contributed by atoms with E-state index >= 15 is 0 Å². The van der Waals surface area contributed by atoms with Gasteiger partial charge >= 0.3 is 0 Å². The SMILES string of the molecule is COc1ccc(CN(c2nc(Nc3cc(C#N)c(CCCN4CC(O)C4)cc3Cl)nn3c(C#N)cnc23)C2CC2)cc1. The van der Waals surface area contributed by atoms with E-state index in [9.17, 15) is 15.6 Å². The summed E-state index contributed by atoms with van der Waals surface area (Å²) in [4.78, 5) is 13.7. The zero-order valence-corrected chi connectivity index (χ0v) is 23.9. The summed E-state index contributed by atoms with van der Waals surface area (Å²) in [5.41, 5.74) is 3.75. The number of aliphatic hydroxyl groups excluding tert-OH is 1. The molecule has 2 aromatic heterocycles. The molecule has 0 radical (unpaired) electrons. The summed E-state index contributed by atoms with van der Waals surface area (Å²) in [6.07, 6.45) is 4.87. The second-order valence-electron chi connectivity index (χ2n) is 10.7. The standard InChI is InChI=1S/C30H30ClN9O2/c1-42-25-8-4-19(5-9-25)16-39(22-6-7-22)29-28-34-15-23(14-33)40(28)37-30(36-29)35-27-12-21(13-32)20(11-26(27)31)3-2-10-38-17-24(41)18-38/h4-5,8-9,11-12,15,22,24,41H,2-3,6-7,10,16-18H2,1H3,(H,35,37). The van der Waals surface area contributed by atoms with Crippen LogP contribution in [-0.2, 0) is 13.0 Å². The molecule has 11 nitrogen and oxygen atoms in total. The number of aryl methyl sites for hydroxylation is 1. The molecule has 2 N–H and O–H groups in total. The number of nitrogens with zero attached hydrogens (tertiary/aromatic N) is 8. The predicted octanol–water partition coefficient (Wildman–Crippen LogP) is 4.05. The molecule has 0 spiro atoms. The molecule has 0 unspecified atom stereocenters. The number of imidazole rings is 1. The zero-order chi connectivity index (χ0) is 29.2. The van der Waals surface area contributed by atoms with Gasteiger partial charge in [-0.3, -0.25) is 4.90 Å². The van der Waals surface area contributed by atoms with Crippen LogP contribution >= 0.6 is 11.6 Å². The van der Waals surface area contributed by atoms with E-state index in [1.807, 2.05) is 30.3 Å². The molecule has 1 saturated carbocycles. The molecule has 3 heterocycles. The van der Waals surface area contributed by atoms with Crippen molar-refractivity contribution < 1.29 is 9.84 Å². The Balaban J connectivity index is 1.29. The molecule has 1 saturated heterocycles. The summed E-state index contributed by atoms with van der Waals surface area (Å²) in [6, 6.07) is 16.2. The van der Waals surface area contributed by atoms with Gasteiger partial charge < -0.3 is 20.1 Å². The Labute approximate surface area is 248 Å². The van der Waals surface area contributed by atoms with Crippen molar-refractivity contribution >= 4 is 34.7 Å². The highest BCUT2D eigenvalue weighted by Crippen LogP contribution is 2.36. The van der Waals surface area contributed by atoms with Gasteiger partial charge in [-0.15, -0.1) is 5.10 Å². The topological polar surface area (TPSA) is 139 Å². The average Bonchev–Trinajstić information content (AvgIpc) is 3.75. The number of rotatable bonds is 11. The maximum atomic E-state index is 9.88. The summed E-state index contributed by atoms with van der Waals surface area (Å²) in [6.45, 7) is 2.85. The van der Waals surface area contributed by atoms with Crippen LogP contribution < -0.4 is 15.0 Å². The molecular formula is C30H30ClN9O2. The van der Waals surface area contributed by atoms with Gasteiger partial charge in [0.1, 0.15) is 11.8 Å². The molecule has 2 fully saturated rings. The zero-order valence-electron chi connectivity index (χ0n) is 23.2. The monoisotopic (exact) mass is 583 g/mol. The van der Waals surface area contributed by atoms with Gasteiger partial charge in [-0.2, -0.15) is 20.0 Å². The minimum Gasteiger partial charge on any atom is -0.497 e. The number of hydrogen-bond acceptors (Lipinski definition) is 10. The van der Waals surface area contributed by atoms with Gasteiger partial charge in [0.2, 0.25) is 5.95 Å². The van der Waals surface area contributed by atoms with Crippen molar-refractivity contribution in [3.05, 3.63) is 70.0 Å². The molecule has 2 aromatic carbocycles. The van der Waals surface area contributed by atoms with Crippen molar-refractivity contribution in [3.63, 3.8) is 0 Å². The highest BCUT2D eigenvalue weighted by atomic mass is 35.5. The minimum absolute atomic E-state index is 0.230. The lowest BCUT2D eigenvalue weighted by molar-refractivity contribution is 0.00187. The van der Waals surface area contributed by atoms with Gasteiger partial charge in [-0.1, -0.05) is 23.7 Å². The third kappa shape index (κ3) is 5.81. The van der Waals surface area contributed by atoms with Gasteiger partial charge in [0.15, 0.2) is 17.2 Å². The average molecular weight is 584 g/mol. The Kier molecular flexibility index (Phi) is 7.81. The second kappa shape index (κ2) is 11.8. The van der Waals surface area contributed by atoms with E-state index in [-0.39, 0.29) is 23.8 Å². The number of hydrogen-bond donors (Lipinski definition) is 2. The predicted molar refractivity (Wildman–Crippen MR) is 158 cm³/mol. The summed E-state index contributed by atoms with van der Waals surface area (Å²) in [7, 11) is 1.64. The summed E-state index contributed by atoms with van der Waals surface area (Å²) >= 11 is 6.69. The first kappa shape index (κ1) is 27.7. The number of aliphatic hydroxyl groups is 1. The van der Waals surface area contributed by atoms with Crippen LogP contribution in [0.25, 0.3) is 5.65 Å². The van der Waals surface area contributed by atoms with Crippen LogP contribution in [0.2, 0.25) is 5.02 Å². The minimum atomic E-state index is -0.230. The molecule has 0 amide bonds. The molecule has 2 aliphatic rings. The molecule has 214 valence electrons. The van der Waals surface area contributed by atoms with Crippen molar-refractivity contribution in [1.82, 2.24) is 24.5 Å². The van der Waals surface area contributed by atoms with E-state index < -0.39 is 0 Å². The second-order valence-corrected chi connectivity index (χ2v) is 11.1. The Hall–Kier alpha value is -4.42. The molecule has 0 bridgehead atoms. The number of likely N-dealkylation sites (tertiary alicyclic amines) is 1. The summed E-state index contributed by atoms with van der Waals surface area (Å²) in [5, 5.41) is 37.3. The fourth-order valence-corrected chi connectivity index (χ4v) is 5.47. The smallest absolute Gasteiger partial charge is 0.247 e. The lowest BCUT2D eigenvalue weighted by Gasteiger charge is -2.35. The number of ether oxygens (including phenoxy) is 1. The van der Waals surface area contributed by atoms with Crippen LogP contribution in [0.5, 0.6) is 5.75 Å². The number of methoxy groups -OCH3 is 1. The van der Waals surface area contributed by atoms with E-state index in [4.69, 9.17) is 21.3 Å². The van der Waals surface area contributed by atoms with E-state index in [1.165, 1.54) is 10.7 Å². The van der Waals surface area contributed by atoms with Crippen LogP contribution in [0.1, 0.15) is 41.6 Å². The fourth-order valence-electron chi connectivity index (χ4n) is 5.24. The molecule has 42 heavy (non-hydrogen) atoms. The fraction of sp³-hybridized carbons (Fsp3) is 0.367. The maximum absolute atomic E-state index is 9.88. The van der Waals surface area contributed by atoms with Crippen LogP contribution in [0.3, 0.4) is 0 Å². The quantitative estimate of drug-likeness (QED) is 0.266. The number of nitrogens with one attached hydrogen (secondary N) is 1. The number of β-amino-alcohol motifs (C(OH)–C–C–N with tert-alkyl or cyclic N) is 1. The van der Waals surface area contributed by atoms with Crippen molar-refractivity contribution in [2.75, 3.05) is 37.0 Å². The molecule has 4 aromatic rings. The van der Waals surface area contributed by atoms with E-state index in [0.717, 1.165) is 42.7 Å². The van der Waals surface area contributed by atoms with Gasteiger partial charge in [-0.05, 0) is 67.6 Å².